The van der Waals surface area contributed by atoms with Crippen LogP contribution < -0.4 is 10.3 Å². The fraction of sp³-hybridized carbons (Fsp3) is 0.158. The van der Waals surface area contributed by atoms with E-state index in [1.165, 1.54) is 12.1 Å². The van der Waals surface area contributed by atoms with Crippen molar-refractivity contribution in [2.45, 2.75) is 6.92 Å². The maximum atomic E-state index is 10.8. The summed E-state index contributed by atoms with van der Waals surface area (Å²) in [6.07, 6.45) is 3.59. The van der Waals surface area contributed by atoms with Crippen molar-refractivity contribution in [2.24, 2.45) is 5.10 Å². The van der Waals surface area contributed by atoms with Gasteiger partial charge >= 0.3 is 0 Å². The average molecular weight is 364 g/mol. The van der Waals surface area contributed by atoms with Crippen LogP contribution in [0.2, 0.25) is 0 Å². The van der Waals surface area contributed by atoms with Crippen molar-refractivity contribution in [3.63, 3.8) is 0 Å². The van der Waals surface area contributed by atoms with Gasteiger partial charge in [-0.25, -0.2) is 4.98 Å². The first-order valence-electron chi connectivity index (χ1n) is 8.31. The molecule has 3 rings (SSSR count). The number of anilines is 2. The monoisotopic (exact) mass is 364 g/mol. The van der Waals surface area contributed by atoms with E-state index in [2.05, 4.69) is 15.5 Å². The highest BCUT2D eigenvalue weighted by Crippen LogP contribution is 2.17. The number of hydrogen-bond donors (Lipinski definition) is 1. The molecule has 0 aliphatic carbocycles. The van der Waals surface area contributed by atoms with Gasteiger partial charge in [0.05, 0.1) is 16.3 Å². The molecule has 0 unspecified atom stereocenters. The number of nitro groups is 1. The van der Waals surface area contributed by atoms with E-state index in [1.54, 1.807) is 18.5 Å². The Bertz CT molecular complexity index is 959. The molecule has 0 fully saturated rings. The number of hydrazone groups is 1. The molecule has 8 nitrogen and oxygen atoms in total. The average Bonchev–Trinajstić information content (AvgIpc) is 3.09. The third-order valence-corrected chi connectivity index (χ3v) is 3.97. The maximum absolute atomic E-state index is 10.8. The summed E-state index contributed by atoms with van der Waals surface area (Å²) >= 11 is 0. The van der Waals surface area contributed by atoms with E-state index in [1.807, 2.05) is 60.9 Å². The second-order valence-corrected chi connectivity index (χ2v) is 6.21. The van der Waals surface area contributed by atoms with Crippen molar-refractivity contribution in [2.75, 3.05) is 24.4 Å². The van der Waals surface area contributed by atoms with Crippen molar-refractivity contribution in [3.05, 3.63) is 82.4 Å². The Morgan fingerprint density at radius 1 is 1.15 bits per heavy atom. The molecule has 1 heterocycles. The molecule has 0 aliphatic rings. The van der Waals surface area contributed by atoms with Crippen LogP contribution in [0.25, 0.3) is 0 Å². The number of aryl methyl sites for hydroxylation is 1. The highest BCUT2D eigenvalue weighted by Gasteiger charge is 2.09. The summed E-state index contributed by atoms with van der Waals surface area (Å²) in [7, 11) is 3.97. The smallest absolute Gasteiger partial charge is 0.269 e. The number of benzene rings is 2. The largest absolute Gasteiger partial charge is 0.378 e. The molecule has 0 amide bonds. The Morgan fingerprint density at radius 3 is 2.33 bits per heavy atom. The van der Waals surface area contributed by atoms with Crippen molar-refractivity contribution < 1.29 is 4.92 Å². The third kappa shape index (κ3) is 4.30. The number of nitro benzene ring substituents is 1. The number of imidazole rings is 1. The Morgan fingerprint density at radius 2 is 1.81 bits per heavy atom. The molecule has 0 saturated heterocycles. The summed E-state index contributed by atoms with van der Waals surface area (Å²) in [4.78, 5) is 16.6. The van der Waals surface area contributed by atoms with Crippen LogP contribution >= 0.6 is 0 Å². The minimum atomic E-state index is -0.432. The van der Waals surface area contributed by atoms with Gasteiger partial charge in [-0.15, -0.1) is 0 Å². The molecule has 3 aromatic rings. The molecule has 1 N–H and O–H groups in total. The van der Waals surface area contributed by atoms with Crippen LogP contribution in [0.4, 0.5) is 17.1 Å². The molecular weight excluding hydrogens is 344 g/mol. The van der Waals surface area contributed by atoms with E-state index in [4.69, 9.17) is 0 Å². The zero-order chi connectivity index (χ0) is 19.4. The Kier molecular flexibility index (Phi) is 5.16. The summed E-state index contributed by atoms with van der Waals surface area (Å²) in [5.74, 6) is 0.666. The van der Waals surface area contributed by atoms with Gasteiger partial charge in [0.2, 0.25) is 0 Å². The van der Waals surface area contributed by atoms with Crippen LogP contribution in [0.5, 0.6) is 0 Å². The van der Waals surface area contributed by atoms with Crippen LogP contribution in [0.15, 0.2) is 66.2 Å². The predicted molar refractivity (Wildman–Crippen MR) is 106 cm³/mol. The van der Waals surface area contributed by atoms with Crippen LogP contribution in [-0.4, -0.2) is 34.4 Å². The molecule has 0 aliphatic heterocycles. The van der Waals surface area contributed by atoms with Crippen LogP contribution in [0.1, 0.15) is 11.3 Å². The quantitative estimate of drug-likeness (QED) is 0.324. The fourth-order valence-corrected chi connectivity index (χ4v) is 2.49. The first kappa shape index (κ1) is 18.1. The van der Waals surface area contributed by atoms with Gasteiger partial charge in [-0.2, -0.15) is 5.10 Å². The van der Waals surface area contributed by atoms with Gasteiger partial charge in [0, 0.05) is 43.7 Å². The van der Waals surface area contributed by atoms with E-state index in [0.29, 0.717) is 11.5 Å². The van der Waals surface area contributed by atoms with E-state index >= 15 is 0 Å². The van der Waals surface area contributed by atoms with E-state index in [0.717, 1.165) is 16.9 Å². The molecule has 0 bridgehead atoms. The lowest BCUT2D eigenvalue weighted by Gasteiger charge is -2.14. The highest BCUT2D eigenvalue weighted by atomic mass is 16.6. The second kappa shape index (κ2) is 7.69. The number of nitrogens with zero attached hydrogens (tertiary/aromatic N) is 5. The van der Waals surface area contributed by atoms with Crippen molar-refractivity contribution in [1.82, 2.24) is 9.55 Å². The Labute approximate surface area is 156 Å². The number of hydrogen-bond acceptors (Lipinski definition) is 6. The molecule has 0 saturated carbocycles. The Balaban J connectivity index is 1.92. The number of rotatable bonds is 5. The lowest BCUT2D eigenvalue weighted by Crippen LogP contribution is -2.15. The topological polar surface area (TPSA) is 88.6 Å². The summed E-state index contributed by atoms with van der Waals surface area (Å²) in [5.41, 5.74) is 6.52. The highest BCUT2D eigenvalue weighted by molar-refractivity contribution is 6.01. The zero-order valence-electron chi connectivity index (χ0n) is 15.3. The minimum Gasteiger partial charge on any atom is -0.378 e. The molecule has 1 aromatic heterocycles. The molecule has 27 heavy (non-hydrogen) atoms. The second-order valence-electron chi connectivity index (χ2n) is 6.21. The van der Waals surface area contributed by atoms with Gasteiger partial charge in [0.25, 0.3) is 5.69 Å². The maximum Gasteiger partial charge on any atom is 0.269 e. The van der Waals surface area contributed by atoms with Gasteiger partial charge in [-0.3, -0.25) is 20.1 Å². The molecule has 8 heteroatoms. The molecular formula is C19H20N6O2. The fourth-order valence-electron chi connectivity index (χ4n) is 2.49. The standard InChI is InChI=1S/C19H20N6O2/c1-14-12-24(13-20-14)19(15-4-8-17(9-5-15)23(2)3)22-21-16-6-10-18(11-7-16)25(26)27/h4-13,21H,1-3H3/b22-19-. The van der Waals surface area contributed by atoms with Crippen LogP contribution in [-0.2, 0) is 0 Å². The molecule has 2 aromatic carbocycles. The van der Waals surface area contributed by atoms with Crippen LogP contribution in [0.3, 0.4) is 0 Å². The predicted octanol–water partition coefficient (Wildman–Crippen LogP) is 3.49. The molecule has 138 valence electrons. The van der Waals surface area contributed by atoms with E-state index in [-0.39, 0.29) is 5.69 Å². The van der Waals surface area contributed by atoms with Gasteiger partial charge in [0.1, 0.15) is 6.33 Å². The summed E-state index contributed by atoms with van der Waals surface area (Å²) in [6, 6.07) is 14.1. The first-order valence-corrected chi connectivity index (χ1v) is 8.31. The van der Waals surface area contributed by atoms with E-state index < -0.39 is 4.92 Å². The summed E-state index contributed by atoms with van der Waals surface area (Å²) in [5, 5.41) is 15.3. The van der Waals surface area contributed by atoms with Crippen molar-refractivity contribution in [1.29, 1.82) is 0 Å². The summed E-state index contributed by atoms with van der Waals surface area (Å²) < 4.78 is 1.83. The van der Waals surface area contributed by atoms with Gasteiger partial charge < -0.3 is 4.90 Å². The lowest BCUT2D eigenvalue weighted by molar-refractivity contribution is -0.384. The molecule has 0 atom stereocenters. The van der Waals surface area contributed by atoms with E-state index in [9.17, 15) is 10.1 Å². The van der Waals surface area contributed by atoms with Gasteiger partial charge in [-0.1, -0.05) is 0 Å². The Hall–Kier alpha value is -3.68. The summed E-state index contributed by atoms with van der Waals surface area (Å²) in [6.45, 7) is 1.91. The minimum absolute atomic E-state index is 0.0364. The number of non-ortho nitro benzene ring substituents is 1. The lowest BCUT2D eigenvalue weighted by atomic mass is 10.2. The zero-order valence-corrected chi connectivity index (χ0v) is 15.3. The van der Waals surface area contributed by atoms with Gasteiger partial charge in [-0.05, 0) is 43.3 Å². The molecule has 0 spiro atoms. The molecule has 0 radical (unpaired) electrons. The van der Waals surface area contributed by atoms with Crippen molar-refractivity contribution >= 4 is 22.9 Å². The SMILES string of the molecule is Cc1cn(/C(=N\Nc2ccc([N+](=O)[O-])cc2)c2ccc(N(C)C)cc2)cn1. The third-order valence-electron chi connectivity index (χ3n) is 3.97. The number of nitrogens with one attached hydrogen (secondary N) is 1. The number of aromatic nitrogens is 2. The first-order chi connectivity index (χ1) is 12.9. The van der Waals surface area contributed by atoms with Crippen LogP contribution in [0, 0.1) is 17.0 Å². The normalized spacial score (nSPS) is 11.3. The van der Waals surface area contributed by atoms with Gasteiger partial charge in [0.15, 0.2) is 5.84 Å². The van der Waals surface area contributed by atoms with Crippen molar-refractivity contribution in [3.8, 4) is 0 Å².